The Labute approximate surface area is 140 Å². The number of hydrogen-bond acceptors (Lipinski definition) is 2. The zero-order valence-corrected chi connectivity index (χ0v) is 14.1. The molecule has 0 spiro atoms. The van der Waals surface area contributed by atoms with Gasteiger partial charge in [-0.3, -0.25) is 4.90 Å². The minimum absolute atomic E-state index is 0.227. The van der Waals surface area contributed by atoms with Gasteiger partial charge in [0, 0.05) is 13.0 Å². The van der Waals surface area contributed by atoms with E-state index in [0.29, 0.717) is 0 Å². The second kappa shape index (κ2) is 8.16. The molecule has 3 rings (SSSR count). The molecule has 0 N–H and O–H groups in total. The van der Waals surface area contributed by atoms with Crippen molar-refractivity contribution in [3.63, 3.8) is 0 Å². The fourth-order valence-corrected chi connectivity index (χ4v) is 3.34. The van der Waals surface area contributed by atoms with Crippen molar-refractivity contribution in [2.75, 3.05) is 19.6 Å². The lowest BCUT2D eigenvalue weighted by atomic mass is 10.0. The van der Waals surface area contributed by atoms with Crippen LogP contribution in [0.4, 0.5) is 0 Å². The molecule has 2 aromatic carbocycles. The summed E-state index contributed by atoms with van der Waals surface area (Å²) in [6.07, 6.45) is 5.19. The summed E-state index contributed by atoms with van der Waals surface area (Å²) in [5, 5.41) is 0. The van der Waals surface area contributed by atoms with Gasteiger partial charge in [0.05, 0.1) is 0 Å². The largest absolute Gasteiger partial charge is 0.489 e. The van der Waals surface area contributed by atoms with Crippen molar-refractivity contribution in [3.05, 3.63) is 65.7 Å². The predicted molar refractivity (Wildman–Crippen MR) is 96.1 cm³/mol. The van der Waals surface area contributed by atoms with Crippen molar-refractivity contribution in [1.82, 2.24) is 4.90 Å². The van der Waals surface area contributed by atoms with Crippen molar-refractivity contribution in [3.8, 4) is 5.75 Å². The number of rotatable bonds is 6. The minimum Gasteiger partial charge on any atom is -0.489 e. The van der Waals surface area contributed by atoms with Crippen molar-refractivity contribution in [1.29, 1.82) is 0 Å². The zero-order chi connectivity index (χ0) is 15.9. The molecule has 1 saturated heterocycles. The molecule has 0 bridgehead atoms. The highest BCUT2D eigenvalue weighted by molar-refractivity contribution is 5.37. The molecular formula is C21H27NO. The first kappa shape index (κ1) is 16.1. The summed E-state index contributed by atoms with van der Waals surface area (Å²) in [5.41, 5.74) is 2.59. The van der Waals surface area contributed by atoms with Crippen LogP contribution >= 0.6 is 0 Å². The lowest BCUT2D eigenvalue weighted by Gasteiger charge is -2.29. The van der Waals surface area contributed by atoms with Gasteiger partial charge in [-0.2, -0.15) is 0 Å². The average Bonchev–Trinajstić information content (AvgIpc) is 2.58. The fourth-order valence-electron chi connectivity index (χ4n) is 3.34. The molecule has 0 radical (unpaired) electrons. The number of piperidine rings is 1. The summed E-state index contributed by atoms with van der Waals surface area (Å²) in [4.78, 5) is 2.54. The highest BCUT2D eigenvalue weighted by atomic mass is 16.5. The number of ether oxygens (including phenoxy) is 1. The Morgan fingerprint density at radius 3 is 2.39 bits per heavy atom. The summed E-state index contributed by atoms with van der Waals surface area (Å²) in [7, 11) is 0. The van der Waals surface area contributed by atoms with Crippen molar-refractivity contribution in [2.24, 2.45) is 0 Å². The Balaban J connectivity index is 1.63. The lowest BCUT2D eigenvalue weighted by molar-refractivity contribution is 0.129. The van der Waals surface area contributed by atoms with Crippen LogP contribution in [0.2, 0.25) is 0 Å². The molecule has 1 fully saturated rings. The van der Waals surface area contributed by atoms with Crippen LogP contribution in [0.3, 0.4) is 0 Å². The molecule has 2 aromatic rings. The van der Waals surface area contributed by atoms with Crippen molar-refractivity contribution < 1.29 is 4.74 Å². The molecule has 0 aliphatic carbocycles. The maximum Gasteiger partial charge on any atom is 0.123 e. The highest BCUT2D eigenvalue weighted by Gasteiger charge is 2.15. The van der Waals surface area contributed by atoms with Gasteiger partial charge in [0.25, 0.3) is 0 Å². The van der Waals surface area contributed by atoms with Gasteiger partial charge in [-0.15, -0.1) is 0 Å². The van der Waals surface area contributed by atoms with Crippen LogP contribution in [0.25, 0.3) is 0 Å². The molecule has 1 unspecified atom stereocenters. The van der Waals surface area contributed by atoms with Gasteiger partial charge in [-0.25, -0.2) is 0 Å². The van der Waals surface area contributed by atoms with Crippen LogP contribution in [0, 0.1) is 0 Å². The molecule has 0 aromatic heterocycles. The van der Waals surface area contributed by atoms with Crippen LogP contribution < -0.4 is 4.74 Å². The maximum absolute atomic E-state index is 6.28. The Morgan fingerprint density at radius 1 is 0.913 bits per heavy atom. The molecule has 2 heteroatoms. The smallest absolute Gasteiger partial charge is 0.123 e. The predicted octanol–water partition coefficient (Wildman–Crippen LogP) is 4.53. The summed E-state index contributed by atoms with van der Waals surface area (Å²) in [5.74, 6) is 1.03. The Morgan fingerprint density at radius 2 is 1.61 bits per heavy atom. The van der Waals surface area contributed by atoms with Gasteiger partial charge in [0.1, 0.15) is 11.9 Å². The van der Waals surface area contributed by atoms with Gasteiger partial charge >= 0.3 is 0 Å². The van der Waals surface area contributed by atoms with E-state index < -0.39 is 0 Å². The summed E-state index contributed by atoms with van der Waals surface area (Å²) in [6.45, 7) is 5.66. The van der Waals surface area contributed by atoms with Crippen LogP contribution in [-0.4, -0.2) is 30.6 Å². The number of nitrogens with zero attached hydrogens (tertiary/aromatic N) is 1. The van der Waals surface area contributed by atoms with Crippen LogP contribution in [0.15, 0.2) is 54.6 Å². The minimum atomic E-state index is 0.227. The number of hydrogen-bond donors (Lipinski definition) is 0. The van der Waals surface area contributed by atoms with Gasteiger partial charge < -0.3 is 4.74 Å². The normalized spacial score (nSPS) is 16.9. The molecular weight excluding hydrogens is 282 g/mol. The SMILES string of the molecule is CC(CN1CCCCC1)Oc1ccccc1Cc1ccccc1. The van der Waals surface area contributed by atoms with Crippen LogP contribution in [-0.2, 0) is 6.42 Å². The highest BCUT2D eigenvalue weighted by Crippen LogP contribution is 2.23. The Bertz CT molecular complexity index is 590. The molecule has 122 valence electrons. The van der Waals surface area contributed by atoms with E-state index in [1.807, 2.05) is 0 Å². The fraction of sp³-hybridized carbons (Fsp3) is 0.429. The molecule has 1 aliphatic heterocycles. The molecule has 23 heavy (non-hydrogen) atoms. The van der Waals surface area contributed by atoms with Gasteiger partial charge in [-0.1, -0.05) is 55.0 Å². The van der Waals surface area contributed by atoms with Gasteiger partial charge in [0.2, 0.25) is 0 Å². The molecule has 0 saturated carbocycles. The number of para-hydroxylation sites is 1. The monoisotopic (exact) mass is 309 g/mol. The first-order chi connectivity index (χ1) is 11.3. The first-order valence-corrected chi connectivity index (χ1v) is 8.82. The summed E-state index contributed by atoms with van der Waals surface area (Å²) >= 11 is 0. The molecule has 1 aliphatic rings. The van der Waals surface area contributed by atoms with E-state index >= 15 is 0 Å². The maximum atomic E-state index is 6.28. The molecule has 0 amide bonds. The van der Waals surface area contributed by atoms with Gasteiger partial charge in [0.15, 0.2) is 0 Å². The van der Waals surface area contributed by atoms with E-state index in [1.165, 1.54) is 43.5 Å². The van der Waals surface area contributed by atoms with Crippen molar-refractivity contribution >= 4 is 0 Å². The topological polar surface area (TPSA) is 12.5 Å². The Hall–Kier alpha value is -1.80. The molecule has 1 heterocycles. The standard InChI is InChI=1S/C21H27NO/c1-18(17-22-14-8-3-9-15-22)23-21-13-7-6-12-20(21)16-19-10-4-2-5-11-19/h2,4-7,10-13,18H,3,8-9,14-17H2,1H3. The van der Waals surface area contributed by atoms with E-state index in [9.17, 15) is 0 Å². The third-order valence-corrected chi connectivity index (χ3v) is 4.50. The number of likely N-dealkylation sites (tertiary alicyclic amines) is 1. The zero-order valence-electron chi connectivity index (χ0n) is 14.1. The Kier molecular flexibility index (Phi) is 5.71. The quantitative estimate of drug-likeness (QED) is 0.777. The third kappa shape index (κ3) is 4.84. The van der Waals surface area contributed by atoms with Gasteiger partial charge in [-0.05, 0) is 50.0 Å². The lowest BCUT2D eigenvalue weighted by Crippen LogP contribution is -2.37. The van der Waals surface area contributed by atoms with E-state index in [-0.39, 0.29) is 6.10 Å². The summed E-state index contributed by atoms with van der Waals surface area (Å²) in [6, 6.07) is 19.0. The van der Waals surface area contributed by atoms with Crippen LogP contribution in [0.1, 0.15) is 37.3 Å². The second-order valence-electron chi connectivity index (χ2n) is 6.56. The molecule has 2 nitrogen and oxygen atoms in total. The average molecular weight is 309 g/mol. The van der Waals surface area contributed by atoms with Crippen molar-refractivity contribution in [2.45, 2.75) is 38.7 Å². The van der Waals surface area contributed by atoms with E-state index in [4.69, 9.17) is 4.74 Å². The summed E-state index contributed by atoms with van der Waals surface area (Å²) < 4.78 is 6.28. The molecule has 1 atom stereocenters. The second-order valence-corrected chi connectivity index (χ2v) is 6.56. The third-order valence-electron chi connectivity index (χ3n) is 4.50. The first-order valence-electron chi connectivity index (χ1n) is 8.82. The van der Waals surface area contributed by atoms with Crippen LogP contribution in [0.5, 0.6) is 5.75 Å². The number of benzene rings is 2. The van der Waals surface area contributed by atoms with E-state index in [2.05, 4.69) is 66.4 Å². The van der Waals surface area contributed by atoms with E-state index in [1.54, 1.807) is 0 Å². The van der Waals surface area contributed by atoms with E-state index in [0.717, 1.165) is 18.7 Å².